The fourth-order valence-electron chi connectivity index (χ4n) is 3.21. The molecule has 4 N–H and O–H groups in total. The summed E-state index contributed by atoms with van der Waals surface area (Å²) in [6.45, 7) is 0.300. The molecular formula is C20H18N4O3S. The summed E-state index contributed by atoms with van der Waals surface area (Å²) in [5, 5.41) is 1.38. The number of benzene rings is 2. The molecule has 0 spiro atoms. The average molecular weight is 394 g/mol. The van der Waals surface area contributed by atoms with Gasteiger partial charge in [0.25, 0.3) is 5.91 Å². The summed E-state index contributed by atoms with van der Waals surface area (Å²) in [6.07, 6.45) is 2.08. The number of carbonyl (C=O) groups excluding carboxylic acids is 1. The monoisotopic (exact) mass is 394 g/mol. The van der Waals surface area contributed by atoms with Gasteiger partial charge in [-0.05, 0) is 36.2 Å². The van der Waals surface area contributed by atoms with Gasteiger partial charge in [-0.25, -0.2) is 18.1 Å². The SMILES string of the molecule is NC(=O)c1nccc2c1[nH]c1ccc(S(=O)(=O)NCCc3ccccc3)cc12. The number of aromatic nitrogens is 2. The summed E-state index contributed by atoms with van der Waals surface area (Å²) in [7, 11) is -3.67. The molecule has 4 rings (SSSR count). The number of fused-ring (bicyclic) bond motifs is 3. The molecular weight excluding hydrogens is 376 g/mol. The van der Waals surface area contributed by atoms with Gasteiger partial charge in [0.05, 0.1) is 10.4 Å². The second kappa shape index (κ2) is 7.06. The fraction of sp³-hybridized carbons (Fsp3) is 0.100. The van der Waals surface area contributed by atoms with Crippen LogP contribution in [0.3, 0.4) is 0 Å². The van der Waals surface area contributed by atoms with Crippen molar-refractivity contribution < 1.29 is 13.2 Å². The van der Waals surface area contributed by atoms with E-state index >= 15 is 0 Å². The van der Waals surface area contributed by atoms with Crippen LogP contribution in [0.25, 0.3) is 21.8 Å². The minimum atomic E-state index is -3.67. The molecule has 8 heteroatoms. The molecule has 0 atom stereocenters. The van der Waals surface area contributed by atoms with Gasteiger partial charge in [0.1, 0.15) is 0 Å². The number of primary amides is 1. The van der Waals surface area contributed by atoms with E-state index in [4.69, 9.17) is 5.73 Å². The Balaban J connectivity index is 1.65. The van der Waals surface area contributed by atoms with Crippen LogP contribution in [-0.2, 0) is 16.4 Å². The van der Waals surface area contributed by atoms with E-state index in [0.29, 0.717) is 34.8 Å². The van der Waals surface area contributed by atoms with Crippen LogP contribution in [0.1, 0.15) is 16.1 Å². The standard InChI is InChI=1S/C20H18N4O3S/c21-20(25)19-18-15(9-10-22-19)16-12-14(6-7-17(16)24-18)28(26,27)23-11-8-13-4-2-1-3-5-13/h1-7,9-10,12,23-24H,8,11H2,(H2,21,25). The molecule has 0 aliphatic carbocycles. The Morgan fingerprint density at radius 3 is 2.61 bits per heavy atom. The molecule has 2 aromatic carbocycles. The van der Waals surface area contributed by atoms with Crippen molar-refractivity contribution in [1.29, 1.82) is 0 Å². The van der Waals surface area contributed by atoms with E-state index in [1.54, 1.807) is 18.2 Å². The molecule has 0 aliphatic rings. The highest BCUT2D eigenvalue weighted by Crippen LogP contribution is 2.28. The van der Waals surface area contributed by atoms with Crippen LogP contribution in [0.4, 0.5) is 0 Å². The van der Waals surface area contributed by atoms with Crippen molar-refractivity contribution >= 4 is 37.7 Å². The summed E-state index contributed by atoms with van der Waals surface area (Å²) in [5.41, 5.74) is 7.76. The minimum absolute atomic E-state index is 0.124. The van der Waals surface area contributed by atoms with Crippen LogP contribution in [0.15, 0.2) is 65.7 Å². The largest absolute Gasteiger partial charge is 0.364 e. The second-order valence-electron chi connectivity index (χ2n) is 6.41. The molecule has 1 amide bonds. The fourth-order valence-corrected chi connectivity index (χ4v) is 4.27. The smallest absolute Gasteiger partial charge is 0.269 e. The number of sulfonamides is 1. The Bertz CT molecular complexity index is 1280. The molecule has 0 radical (unpaired) electrons. The maximum atomic E-state index is 12.7. The number of hydrogen-bond acceptors (Lipinski definition) is 4. The molecule has 0 bridgehead atoms. The third-order valence-corrected chi connectivity index (χ3v) is 6.04. The zero-order valence-corrected chi connectivity index (χ0v) is 15.7. The quantitative estimate of drug-likeness (QED) is 0.465. The molecule has 7 nitrogen and oxygen atoms in total. The van der Waals surface area contributed by atoms with Crippen LogP contribution in [0, 0.1) is 0 Å². The third-order valence-electron chi connectivity index (χ3n) is 4.58. The Hall–Kier alpha value is -3.23. The van der Waals surface area contributed by atoms with Crippen molar-refractivity contribution in [3.05, 3.63) is 72.1 Å². The Labute approximate surface area is 161 Å². The maximum absolute atomic E-state index is 12.7. The summed E-state index contributed by atoms with van der Waals surface area (Å²) in [5.74, 6) is -0.646. The lowest BCUT2D eigenvalue weighted by atomic mass is 10.1. The number of hydrogen-bond donors (Lipinski definition) is 3. The number of rotatable bonds is 6. The molecule has 0 saturated heterocycles. The first kappa shape index (κ1) is 18.1. The number of nitrogens with zero attached hydrogens (tertiary/aromatic N) is 1. The molecule has 142 valence electrons. The van der Waals surface area contributed by atoms with Gasteiger partial charge in [-0.15, -0.1) is 0 Å². The Kier molecular flexibility index (Phi) is 4.58. The lowest BCUT2D eigenvalue weighted by Gasteiger charge is -2.07. The molecule has 0 saturated carbocycles. The summed E-state index contributed by atoms with van der Waals surface area (Å²) in [6, 6.07) is 16.2. The Morgan fingerprint density at radius 1 is 1.07 bits per heavy atom. The molecule has 4 aromatic rings. The van der Waals surface area contributed by atoms with Gasteiger partial charge in [-0.3, -0.25) is 4.79 Å². The van der Waals surface area contributed by atoms with E-state index in [9.17, 15) is 13.2 Å². The number of nitrogens with one attached hydrogen (secondary N) is 2. The predicted octanol–water partition coefficient (Wildman–Crippen LogP) is 2.34. The highest BCUT2D eigenvalue weighted by atomic mass is 32.2. The van der Waals surface area contributed by atoms with Crippen molar-refractivity contribution in [1.82, 2.24) is 14.7 Å². The van der Waals surface area contributed by atoms with E-state index in [1.807, 2.05) is 30.3 Å². The normalized spacial score (nSPS) is 11.9. The number of aromatic amines is 1. The number of nitrogens with two attached hydrogens (primary N) is 1. The number of pyridine rings is 1. The van der Waals surface area contributed by atoms with Crippen LogP contribution < -0.4 is 10.5 Å². The van der Waals surface area contributed by atoms with Crippen LogP contribution >= 0.6 is 0 Å². The molecule has 0 fully saturated rings. The van der Waals surface area contributed by atoms with Crippen LogP contribution in [0.5, 0.6) is 0 Å². The van der Waals surface area contributed by atoms with Crippen LogP contribution in [0.2, 0.25) is 0 Å². The average Bonchev–Trinajstić information content (AvgIpc) is 3.06. The molecule has 2 aromatic heterocycles. The van der Waals surface area contributed by atoms with Crippen molar-refractivity contribution in [3.8, 4) is 0 Å². The van der Waals surface area contributed by atoms with Crippen molar-refractivity contribution in [2.75, 3.05) is 6.54 Å². The van der Waals surface area contributed by atoms with Crippen molar-refractivity contribution in [2.45, 2.75) is 11.3 Å². The van der Waals surface area contributed by atoms with Crippen molar-refractivity contribution in [3.63, 3.8) is 0 Å². The first-order chi connectivity index (χ1) is 13.5. The summed E-state index contributed by atoms with van der Waals surface area (Å²) >= 11 is 0. The molecule has 2 heterocycles. The topological polar surface area (TPSA) is 118 Å². The van der Waals surface area contributed by atoms with Gasteiger partial charge < -0.3 is 10.7 Å². The van der Waals surface area contributed by atoms with E-state index in [1.165, 1.54) is 12.3 Å². The Morgan fingerprint density at radius 2 is 1.86 bits per heavy atom. The van der Waals surface area contributed by atoms with E-state index in [2.05, 4.69) is 14.7 Å². The van der Waals surface area contributed by atoms with Gasteiger partial charge in [0.15, 0.2) is 5.69 Å². The molecule has 0 unspecified atom stereocenters. The van der Waals surface area contributed by atoms with Gasteiger partial charge in [0.2, 0.25) is 10.0 Å². The third kappa shape index (κ3) is 3.35. The first-order valence-corrected chi connectivity index (χ1v) is 10.2. The van der Waals surface area contributed by atoms with Crippen LogP contribution in [-0.4, -0.2) is 30.8 Å². The highest BCUT2D eigenvalue weighted by Gasteiger charge is 2.17. The zero-order valence-electron chi connectivity index (χ0n) is 14.8. The number of H-pyrrole nitrogens is 1. The first-order valence-electron chi connectivity index (χ1n) is 8.69. The lowest BCUT2D eigenvalue weighted by molar-refractivity contribution is 0.0997. The second-order valence-corrected chi connectivity index (χ2v) is 8.18. The maximum Gasteiger partial charge on any atom is 0.269 e. The lowest BCUT2D eigenvalue weighted by Crippen LogP contribution is -2.25. The summed E-state index contributed by atoms with van der Waals surface area (Å²) < 4.78 is 28.0. The summed E-state index contributed by atoms with van der Waals surface area (Å²) in [4.78, 5) is 18.8. The van der Waals surface area contributed by atoms with E-state index < -0.39 is 15.9 Å². The van der Waals surface area contributed by atoms with Gasteiger partial charge in [0, 0.05) is 29.0 Å². The van der Waals surface area contributed by atoms with Crippen molar-refractivity contribution in [2.24, 2.45) is 5.73 Å². The highest BCUT2D eigenvalue weighted by molar-refractivity contribution is 7.89. The number of carbonyl (C=O) groups is 1. The molecule has 28 heavy (non-hydrogen) atoms. The van der Waals surface area contributed by atoms with E-state index in [0.717, 1.165) is 5.56 Å². The zero-order chi connectivity index (χ0) is 19.7. The van der Waals surface area contributed by atoms with Gasteiger partial charge >= 0.3 is 0 Å². The van der Waals surface area contributed by atoms with E-state index in [-0.39, 0.29) is 10.6 Å². The van der Waals surface area contributed by atoms with Gasteiger partial charge in [-0.2, -0.15) is 0 Å². The minimum Gasteiger partial charge on any atom is -0.364 e. The number of amides is 1. The predicted molar refractivity (Wildman–Crippen MR) is 107 cm³/mol. The van der Waals surface area contributed by atoms with Gasteiger partial charge in [-0.1, -0.05) is 30.3 Å². The molecule has 0 aliphatic heterocycles.